The summed E-state index contributed by atoms with van der Waals surface area (Å²) in [5.74, 6) is 0.589. The molecule has 2 heterocycles. The van der Waals surface area contributed by atoms with E-state index < -0.39 is 0 Å². The normalized spacial score (nSPS) is 13.0. The van der Waals surface area contributed by atoms with Crippen molar-refractivity contribution in [3.8, 4) is 5.75 Å². The highest BCUT2D eigenvalue weighted by molar-refractivity contribution is 6.09. The third-order valence-corrected chi connectivity index (χ3v) is 3.43. The number of carbonyl (C=O) groups is 1. The van der Waals surface area contributed by atoms with Crippen molar-refractivity contribution in [1.82, 2.24) is 4.98 Å². The molecule has 1 aromatic heterocycles. The Kier molecular flexibility index (Phi) is 3.97. The number of ether oxygens (including phenoxy) is 2. The average Bonchev–Trinajstić information content (AvgIpc) is 3.00. The lowest BCUT2D eigenvalue weighted by Gasteiger charge is -2.07. The van der Waals surface area contributed by atoms with E-state index in [0.717, 1.165) is 17.5 Å². The van der Waals surface area contributed by atoms with Crippen LogP contribution in [0.1, 0.15) is 40.4 Å². The average molecular weight is 283 g/mol. The quantitative estimate of drug-likeness (QED) is 0.791. The summed E-state index contributed by atoms with van der Waals surface area (Å²) in [5, 5.41) is 0. The summed E-state index contributed by atoms with van der Waals surface area (Å²) in [5.41, 5.74) is 3.45. The second-order valence-corrected chi connectivity index (χ2v) is 5.06. The van der Waals surface area contributed by atoms with Gasteiger partial charge >= 0.3 is 0 Å². The van der Waals surface area contributed by atoms with Gasteiger partial charge < -0.3 is 9.47 Å². The topological polar surface area (TPSA) is 48.4 Å². The molecule has 3 rings (SSSR count). The summed E-state index contributed by atoms with van der Waals surface area (Å²) >= 11 is 0. The van der Waals surface area contributed by atoms with Crippen molar-refractivity contribution < 1.29 is 14.3 Å². The Labute approximate surface area is 123 Å². The van der Waals surface area contributed by atoms with Gasteiger partial charge in [0.15, 0.2) is 5.78 Å². The SMILES string of the molecule is CCCOc1cncc(C(=O)c2ccc3c(c2)COC3)c1. The lowest BCUT2D eigenvalue weighted by molar-refractivity contribution is 0.103. The summed E-state index contributed by atoms with van der Waals surface area (Å²) in [6, 6.07) is 7.45. The number of ketones is 1. The minimum absolute atomic E-state index is 0.0425. The third kappa shape index (κ3) is 2.95. The van der Waals surface area contributed by atoms with Crippen LogP contribution in [0.25, 0.3) is 0 Å². The Hall–Kier alpha value is -2.20. The Morgan fingerprint density at radius 3 is 2.90 bits per heavy atom. The van der Waals surface area contributed by atoms with Gasteiger partial charge in [-0.3, -0.25) is 9.78 Å². The zero-order valence-electron chi connectivity index (χ0n) is 12.0. The molecule has 1 aliphatic rings. The van der Waals surface area contributed by atoms with Crippen LogP contribution in [0, 0.1) is 0 Å². The molecule has 0 saturated carbocycles. The summed E-state index contributed by atoms with van der Waals surface area (Å²) in [7, 11) is 0. The van der Waals surface area contributed by atoms with Gasteiger partial charge in [-0.05, 0) is 29.7 Å². The molecule has 1 aliphatic heterocycles. The number of hydrogen-bond acceptors (Lipinski definition) is 4. The number of pyridine rings is 1. The fourth-order valence-corrected chi connectivity index (χ4v) is 2.32. The second-order valence-electron chi connectivity index (χ2n) is 5.06. The second kappa shape index (κ2) is 6.06. The Balaban J connectivity index is 1.84. The molecule has 0 spiro atoms. The molecule has 0 atom stereocenters. The molecule has 0 fully saturated rings. The Morgan fingerprint density at radius 1 is 1.19 bits per heavy atom. The number of fused-ring (bicyclic) bond motifs is 1. The summed E-state index contributed by atoms with van der Waals surface area (Å²) < 4.78 is 10.9. The van der Waals surface area contributed by atoms with Gasteiger partial charge in [0.25, 0.3) is 0 Å². The maximum Gasteiger partial charge on any atom is 0.194 e. The molecule has 21 heavy (non-hydrogen) atoms. The van der Waals surface area contributed by atoms with Crippen LogP contribution in [0.5, 0.6) is 5.75 Å². The van der Waals surface area contributed by atoms with E-state index in [2.05, 4.69) is 4.98 Å². The summed E-state index contributed by atoms with van der Waals surface area (Å²) in [4.78, 5) is 16.6. The molecule has 2 aromatic rings. The van der Waals surface area contributed by atoms with Crippen molar-refractivity contribution in [3.63, 3.8) is 0 Å². The first-order valence-corrected chi connectivity index (χ1v) is 7.10. The number of aromatic nitrogens is 1. The molecule has 4 nitrogen and oxygen atoms in total. The molecule has 0 N–H and O–H groups in total. The molecule has 0 aliphatic carbocycles. The number of nitrogens with zero attached hydrogens (tertiary/aromatic N) is 1. The highest BCUT2D eigenvalue weighted by atomic mass is 16.5. The minimum Gasteiger partial charge on any atom is -0.492 e. The van der Waals surface area contributed by atoms with Crippen LogP contribution >= 0.6 is 0 Å². The van der Waals surface area contributed by atoms with Crippen LogP contribution in [0.2, 0.25) is 0 Å². The highest BCUT2D eigenvalue weighted by Crippen LogP contribution is 2.23. The van der Waals surface area contributed by atoms with E-state index in [4.69, 9.17) is 9.47 Å². The van der Waals surface area contributed by atoms with Crippen molar-refractivity contribution in [2.24, 2.45) is 0 Å². The van der Waals surface area contributed by atoms with Gasteiger partial charge in [0, 0.05) is 17.3 Å². The fourth-order valence-electron chi connectivity index (χ4n) is 2.32. The van der Waals surface area contributed by atoms with E-state index >= 15 is 0 Å². The summed E-state index contributed by atoms with van der Waals surface area (Å²) in [6.45, 7) is 3.87. The number of rotatable bonds is 5. The maximum atomic E-state index is 12.5. The number of benzene rings is 1. The van der Waals surface area contributed by atoms with E-state index in [9.17, 15) is 4.79 Å². The van der Waals surface area contributed by atoms with Crippen LogP contribution in [0.15, 0.2) is 36.7 Å². The number of hydrogen-bond donors (Lipinski definition) is 0. The van der Waals surface area contributed by atoms with Crippen LogP contribution in [-0.4, -0.2) is 17.4 Å². The van der Waals surface area contributed by atoms with Crippen LogP contribution < -0.4 is 4.74 Å². The smallest absolute Gasteiger partial charge is 0.194 e. The Bertz CT molecular complexity index is 667. The fraction of sp³-hybridized carbons (Fsp3) is 0.294. The van der Waals surface area contributed by atoms with Crippen molar-refractivity contribution in [3.05, 3.63) is 58.9 Å². The van der Waals surface area contributed by atoms with Crippen molar-refractivity contribution >= 4 is 5.78 Å². The monoisotopic (exact) mass is 283 g/mol. The van der Waals surface area contributed by atoms with Crippen LogP contribution in [-0.2, 0) is 18.0 Å². The zero-order valence-corrected chi connectivity index (χ0v) is 12.0. The summed E-state index contributed by atoms with van der Waals surface area (Å²) in [6.07, 6.45) is 4.12. The van der Waals surface area contributed by atoms with Gasteiger partial charge in [0.1, 0.15) is 5.75 Å². The van der Waals surface area contributed by atoms with E-state index in [1.165, 1.54) is 0 Å². The minimum atomic E-state index is -0.0425. The molecule has 0 bridgehead atoms. The largest absolute Gasteiger partial charge is 0.492 e. The molecule has 0 radical (unpaired) electrons. The lowest BCUT2D eigenvalue weighted by Crippen LogP contribution is -2.04. The van der Waals surface area contributed by atoms with Gasteiger partial charge in [-0.1, -0.05) is 19.1 Å². The molecule has 0 unspecified atom stereocenters. The zero-order chi connectivity index (χ0) is 14.7. The molecule has 1 aromatic carbocycles. The van der Waals surface area contributed by atoms with Crippen molar-refractivity contribution in [2.75, 3.05) is 6.61 Å². The predicted molar refractivity (Wildman–Crippen MR) is 78.4 cm³/mol. The van der Waals surface area contributed by atoms with Crippen molar-refractivity contribution in [1.29, 1.82) is 0 Å². The Morgan fingerprint density at radius 2 is 2.05 bits per heavy atom. The van der Waals surface area contributed by atoms with Gasteiger partial charge in [0.2, 0.25) is 0 Å². The van der Waals surface area contributed by atoms with Crippen LogP contribution in [0.3, 0.4) is 0 Å². The van der Waals surface area contributed by atoms with Gasteiger partial charge in [-0.25, -0.2) is 0 Å². The predicted octanol–water partition coefficient (Wildman–Crippen LogP) is 3.13. The van der Waals surface area contributed by atoms with Gasteiger partial charge in [0.05, 0.1) is 26.0 Å². The molecular formula is C17H17NO3. The van der Waals surface area contributed by atoms with Crippen molar-refractivity contribution in [2.45, 2.75) is 26.6 Å². The van der Waals surface area contributed by atoms with E-state index in [0.29, 0.717) is 36.7 Å². The highest BCUT2D eigenvalue weighted by Gasteiger charge is 2.16. The van der Waals surface area contributed by atoms with Gasteiger partial charge in [-0.15, -0.1) is 0 Å². The first-order chi connectivity index (χ1) is 10.3. The maximum absolute atomic E-state index is 12.5. The number of carbonyl (C=O) groups excluding carboxylic acids is 1. The third-order valence-electron chi connectivity index (χ3n) is 3.43. The molecule has 4 heteroatoms. The molecular weight excluding hydrogens is 266 g/mol. The van der Waals surface area contributed by atoms with E-state index in [1.54, 1.807) is 18.5 Å². The van der Waals surface area contributed by atoms with E-state index in [1.807, 2.05) is 25.1 Å². The van der Waals surface area contributed by atoms with Crippen LogP contribution in [0.4, 0.5) is 0 Å². The molecule has 108 valence electrons. The van der Waals surface area contributed by atoms with E-state index in [-0.39, 0.29) is 5.78 Å². The first-order valence-electron chi connectivity index (χ1n) is 7.10. The lowest BCUT2D eigenvalue weighted by atomic mass is 10.0. The van der Waals surface area contributed by atoms with Gasteiger partial charge in [-0.2, -0.15) is 0 Å². The molecule has 0 amide bonds. The first kappa shape index (κ1) is 13.8. The molecule has 0 saturated heterocycles. The standard InChI is InChI=1S/C17H17NO3/c1-2-5-21-16-7-14(8-18-9-16)17(19)12-3-4-13-10-20-11-15(13)6-12/h3-4,6-9H,2,5,10-11H2,1H3.